The van der Waals surface area contributed by atoms with Crippen LogP contribution < -0.4 is 0 Å². The van der Waals surface area contributed by atoms with Gasteiger partial charge in [0.2, 0.25) is 0 Å². The summed E-state index contributed by atoms with van der Waals surface area (Å²) in [6, 6.07) is 10.3. The number of thiol groups is 1. The van der Waals surface area contributed by atoms with Gasteiger partial charge in [0.1, 0.15) is 0 Å². The lowest BCUT2D eigenvalue weighted by Crippen LogP contribution is -1.62. The fourth-order valence-corrected chi connectivity index (χ4v) is 0.534. The van der Waals surface area contributed by atoms with Crippen LogP contribution >= 0.6 is 0 Å². The molecule has 0 unspecified atom stereocenters. The number of hydrogen-bond acceptors (Lipinski definition) is 1. The van der Waals surface area contributed by atoms with Gasteiger partial charge < -0.3 is 13.5 Å². The average molecular weight is 125 g/mol. The molecule has 44 valence electrons. The SMILES string of the molecule is Cc1ccccc1.[SH-]. The number of rotatable bonds is 0. The summed E-state index contributed by atoms with van der Waals surface area (Å²) in [6.45, 7) is 2.08. The molecule has 0 saturated heterocycles. The summed E-state index contributed by atoms with van der Waals surface area (Å²) < 4.78 is 0. The topological polar surface area (TPSA) is 0 Å². The van der Waals surface area contributed by atoms with Gasteiger partial charge in [-0.3, -0.25) is 0 Å². The van der Waals surface area contributed by atoms with Gasteiger partial charge in [-0.15, -0.1) is 0 Å². The molecule has 0 nitrogen and oxygen atoms in total. The second-order valence-corrected chi connectivity index (χ2v) is 1.65. The Morgan fingerprint density at radius 3 is 1.75 bits per heavy atom. The largest absolute Gasteiger partial charge is 0.813 e. The molecule has 0 bridgehead atoms. The Hall–Kier alpha value is -0.430. The van der Waals surface area contributed by atoms with E-state index in [-0.39, 0.29) is 13.5 Å². The summed E-state index contributed by atoms with van der Waals surface area (Å²) in [5.41, 5.74) is 1.32. The molecule has 0 aliphatic rings. The Labute approximate surface area is 57.0 Å². The lowest BCUT2D eigenvalue weighted by atomic mass is 10.2. The minimum Gasteiger partial charge on any atom is -0.813 e. The molecule has 0 aliphatic heterocycles. The number of benzene rings is 1. The van der Waals surface area contributed by atoms with Gasteiger partial charge in [0.05, 0.1) is 0 Å². The fraction of sp³-hybridized carbons (Fsp3) is 0.143. The molecule has 1 aromatic rings. The molecule has 0 fully saturated rings. The molecule has 0 spiro atoms. The van der Waals surface area contributed by atoms with Crippen LogP contribution in [-0.4, -0.2) is 0 Å². The van der Waals surface area contributed by atoms with Gasteiger partial charge >= 0.3 is 0 Å². The molecule has 0 radical (unpaired) electrons. The van der Waals surface area contributed by atoms with E-state index in [0.29, 0.717) is 0 Å². The fourth-order valence-electron chi connectivity index (χ4n) is 0.534. The molecule has 0 aromatic heterocycles. The Bertz CT molecular complexity index is 134. The zero-order valence-corrected chi connectivity index (χ0v) is 5.73. The zero-order valence-electron chi connectivity index (χ0n) is 4.83. The molecule has 0 saturated carbocycles. The van der Waals surface area contributed by atoms with E-state index in [2.05, 4.69) is 19.1 Å². The first kappa shape index (κ1) is 7.57. The Kier molecular flexibility index (Phi) is 3.37. The van der Waals surface area contributed by atoms with Crippen molar-refractivity contribution in [3.05, 3.63) is 35.9 Å². The minimum atomic E-state index is 0. The van der Waals surface area contributed by atoms with Crippen LogP contribution in [0.4, 0.5) is 0 Å². The molecule has 0 heterocycles. The van der Waals surface area contributed by atoms with Gasteiger partial charge in [-0.05, 0) is 6.92 Å². The highest BCUT2D eigenvalue weighted by atomic mass is 32.1. The van der Waals surface area contributed by atoms with Crippen LogP contribution in [0.3, 0.4) is 0 Å². The highest BCUT2D eigenvalue weighted by Crippen LogP contribution is 1.92. The third-order valence-electron chi connectivity index (χ3n) is 0.940. The highest BCUT2D eigenvalue weighted by Gasteiger charge is 1.72. The second kappa shape index (κ2) is 3.56. The molecule has 1 aromatic carbocycles. The van der Waals surface area contributed by atoms with Crippen LogP contribution in [0.5, 0.6) is 0 Å². The summed E-state index contributed by atoms with van der Waals surface area (Å²) in [7, 11) is 0. The monoisotopic (exact) mass is 125 g/mol. The van der Waals surface area contributed by atoms with Crippen LogP contribution in [0.1, 0.15) is 5.56 Å². The van der Waals surface area contributed by atoms with Crippen molar-refractivity contribution in [2.24, 2.45) is 0 Å². The first-order chi connectivity index (χ1) is 3.39. The molecule has 0 atom stereocenters. The summed E-state index contributed by atoms with van der Waals surface area (Å²) in [5, 5.41) is 0. The third-order valence-corrected chi connectivity index (χ3v) is 0.940. The van der Waals surface area contributed by atoms with E-state index in [4.69, 9.17) is 0 Å². The summed E-state index contributed by atoms with van der Waals surface area (Å²) in [4.78, 5) is 0. The summed E-state index contributed by atoms with van der Waals surface area (Å²) in [5.74, 6) is 0. The molecular weight excluding hydrogens is 116 g/mol. The second-order valence-electron chi connectivity index (χ2n) is 1.65. The van der Waals surface area contributed by atoms with Crippen molar-refractivity contribution < 1.29 is 0 Å². The number of aryl methyl sites for hydroxylation is 1. The third kappa shape index (κ3) is 2.03. The van der Waals surface area contributed by atoms with Gasteiger partial charge in [-0.1, -0.05) is 35.9 Å². The van der Waals surface area contributed by atoms with Crippen LogP contribution in [0.2, 0.25) is 0 Å². The quantitative estimate of drug-likeness (QED) is 0.376. The predicted octanol–water partition coefficient (Wildman–Crippen LogP) is 1.72. The highest BCUT2D eigenvalue weighted by molar-refractivity contribution is 7.37. The molecule has 0 N–H and O–H groups in total. The van der Waals surface area contributed by atoms with E-state index in [1.54, 1.807) is 0 Å². The Morgan fingerprint density at radius 1 is 1.00 bits per heavy atom. The first-order valence-electron chi connectivity index (χ1n) is 2.41. The Morgan fingerprint density at radius 2 is 1.50 bits per heavy atom. The normalized spacial score (nSPS) is 7.62. The first-order valence-corrected chi connectivity index (χ1v) is 2.41. The lowest BCUT2D eigenvalue weighted by Gasteiger charge is -1.82. The molecule has 0 aliphatic carbocycles. The van der Waals surface area contributed by atoms with Crippen molar-refractivity contribution in [1.29, 1.82) is 0 Å². The maximum atomic E-state index is 2.08. The van der Waals surface area contributed by atoms with Crippen LogP contribution in [0.15, 0.2) is 30.3 Å². The van der Waals surface area contributed by atoms with E-state index >= 15 is 0 Å². The molecular formula is C7H9S-. The van der Waals surface area contributed by atoms with Gasteiger partial charge in [0, 0.05) is 0 Å². The smallest absolute Gasteiger partial charge is 0.0398 e. The summed E-state index contributed by atoms with van der Waals surface area (Å²) >= 11 is 0. The predicted molar refractivity (Wildman–Crippen MR) is 39.9 cm³/mol. The van der Waals surface area contributed by atoms with Crippen molar-refractivity contribution in [3.8, 4) is 0 Å². The van der Waals surface area contributed by atoms with Crippen LogP contribution in [0, 0.1) is 6.92 Å². The Balaban J connectivity index is 0.000000490. The van der Waals surface area contributed by atoms with Gasteiger partial charge in [-0.2, -0.15) is 0 Å². The van der Waals surface area contributed by atoms with Crippen molar-refractivity contribution in [2.75, 3.05) is 0 Å². The molecule has 8 heavy (non-hydrogen) atoms. The lowest BCUT2D eigenvalue weighted by molar-refractivity contribution is 1.48. The molecule has 1 rings (SSSR count). The van der Waals surface area contributed by atoms with Crippen molar-refractivity contribution in [3.63, 3.8) is 0 Å². The van der Waals surface area contributed by atoms with Crippen molar-refractivity contribution >= 4 is 13.5 Å². The molecule has 1 heteroatoms. The molecule has 0 amide bonds. The van der Waals surface area contributed by atoms with E-state index in [0.717, 1.165) is 0 Å². The minimum absolute atomic E-state index is 0. The maximum Gasteiger partial charge on any atom is -0.0398 e. The van der Waals surface area contributed by atoms with Crippen LogP contribution in [-0.2, 0) is 13.5 Å². The van der Waals surface area contributed by atoms with Crippen molar-refractivity contribution in [2.45, 2.75) is 6.92 Å². The van der Waals surface area contributed by atoms with E-state index in [9.17, 15) is 0 Å². The van der Waals surface area contributed by atoms with Gasteiger partial charge in [-0.25, -0.2) is 0 Å². The zero-order chi connectivity index (χ0) is 5.11. The van der Waals surface area contributed by atoms with E-state index in [1.165, 1.54) is 5.56 Å². The van der Waals surface area contributed by atoms with Gasteiger partial charge in [0.15, 0.2) is 0 Å². The van der Waals surface area contributed by atoms with Crippen LogP contribution in [0.25, 0.3) is 0 Å². The maximum absolute atomic E-state index is 2.08. The standard InChI is InChI=1S/C7H8.H2S/c1-7-5-3-2-4-6-7;/h2-6H,1H3;1H2/p-1. The van der Waals surface area contributed by atoms with Gasteiger partial charge in [0.25, 0.3) is 0 Å². The number of hydrogen-bond donors (Lipinski definition) is 0. The average Bonchev–Trinajstić information content (AvgIpc) is 1.69. The van der Waals surface area contributed by atoms with E-state index in [1.807, 2.05) is 18.2 Å². The van der Waals surface area contributed by atoms with E-state index < -0.39 is 0 Å². The van der Waals surface area contributed by atoms with Crippen molar-refractivity contribution in [1.82, 2.24) is 0 Å². The summed E-state index contributed by atoms with van der Waals surface area (Å²) in [6.07, 6.45) is 0.